The van der Waals surface area contributed by atoms with Gasteiger partial charge in [0.15, 0.2) is 0 Å². The van der Waals surface area contributed by atoms with Crippen molar-refractivity contribution >= 4 is 10.8 Å². The number of hydrogen-bond donors (Lipinski definition) is 0. The van der Waals surface area contributed by atoms with Crippen LogP contribution in [0.4, 0.5) is 0 Å². The number of nitrogens with zero attached hydrogens (tertiary/aromatic N) is 7. The van der Waals surface area contributed by atoms with Crippen LogP contribution >= 0.6 is 0 Å². The van der Waals surface area contributed by atoms with Crippen molar-refractivity contribution < 1.29 is 21.1 Å². The largest absolute Gasteiger partial charge is 2.00 e. The van der Waals surface area contributed by atoms with Gasteiger partial charge in [-0.15, -0.1) is 0 Å². The van der Waals surface area contributed by atoms with E-state index in [1.54, 1.807) is 6.20 Å². The van der Waals surface area contributed by atoms with Crippen LogP contribution in [0.15, 0.2) is 91.5 Å². The van der Waals surface area contributed by atoms with Crippen LogP contribution < -0.4 is 10.2 Å². The Labute approximate surface area is 255 Å². The molecule has 0 aliphatic heterocycles. The molecule has 6 aromatic rings. The molecule has 0 unspecified atom stereocenters. The third-order valence-electron chi connectivity index (χ3n) is 6.60. The summed E-state index contributed by atoms with van der Waals surface area (Å²) >= 11 is 0. The van der Waals surface area contributed by atoms with E-state index in [2.05, 4.69) is 84.0 Å². The zero-order valence-corrected chi connectivity index (χ0v) is 26.4. The summed E-state index contributed by atoms with van der Waals surface area (Å²) in [5, 5.41) is 19.5. The van der Waals surface area contributed by atoms with E-state index in [0.29, 0.717) is 0 Å². The molecule has 5 aromatic heterocycles. The molecule has 0 amide bonds. The fraction of sp³-hybridized carbons (Fsp3) is 0.242. The van der Waals surface area contributed by atoms with Gasteiger partial charge in [0.2, 0.25) is 0 Å². The second-order valence-corrected chi connectivity index (χ2v) is 11.8. The summed E-state index contributed by atoms with van der Waals surface area (Å²) in [6.45, 7) is 13.0. The number of pyridine rings is 3. The number of rotatable bonds is 3. The van der Waals surface area contributed by atoms with E-state index < -0.39 is 0 Å². The molecular formula is C33H33N7Pt. The van der Waals surface area contributed by atoms with Gasteiger partial charge >= 0.3 is 21.1 Å². The Kier molecular flexibility index (Phi) is 8.98. The Morgan fingerprint density at radius 2 is 1.32 bits per heavy atom. The predicted octanol–water partition coefficient (Wildman–Crippen LogP) is 7.01. The summed E-state index contributed by atoms with van der Waals surface area (Å²) in [6, 6.07) is 22.1. The summed E-state index contributed by atoms with van der Waals surface area (Å²) in [4.78, 5) is 13.1. The quantitative estimate of drug-likeness (QED) is 0.194. The Morgan fingerprint density at radius 3 is 1.95 bits per heavy atom. The van der Waals surface area contributed by atoms with Crippen LogP contribution in [0.5, 0.6) is 0 Å². The number of hydrogen-bond acceptors (Lipinski definition) is 5. The molecule has 0 N–H and O–H groups in total. The van der Waals surface area contributed by atoms with E-state index >= 15 is 0 Å². The average Bonchev–Trinajstić information content (AvgIpc) is 3.64. The normalized spacial score (nSPS) is 11.5. The van der Waals surface area contributed by atoms with Crippen molar-refractivity contribution in [1.82, 2.24) is 35.3 Å². The van der Waals surface area contributed by atoms with E-state index in [-0.39, 0.29) is 31.9 Å². The standard InChI is InChI=1S/C24H20N6.C9H13N.Pt/c1-24(2,3)22-13-21(29-30-22)23-17-14-25-10-9-16(17)11-19(26-23)20-12-18(27-28-20)15-7-5-4-6-8-15;1-9(2,3)8-4-6-10-7-5-8;/h4-14H,1-3H3;4-7H,1-3H3;/q-2;;+2. The van der Waals surface area contributed by atoms with Gasteiger partial charge in [0.1, 0.15) is 0 Å². The molecule has 210 valence electrons. The Balaban J connectivity index is 0.000000300. The van der Waals surface area contributed by atoms with Gasteiger partial charge in [-0.1, -0.05) is 89.3 Å². The van der Waals surface area contributed by atoms with Crippen LogP contribution in [-0.4, -0.2) is 25.1 Å². The smallest absolute Gasteiger partial charge is 0.573 e. The van der Waals surface area contributed by atoms with Crippen LogP contribution in [0.3, 0.4) is 0 Å². The van der Waals surface area contributed by atoms with Gasteiger partial charge < -0.3 is 20.4 Å². The van der Waals surface area contributed by atoms with Crippen molar-refractivity contribution in [3.8, 4) is 34.0 Å². The van der Waals surface area contributed by atoms with Crippen LogP contribution in [0.25, 0.3) is 44.8 Å². The third-order valence-corrected chi connectivity index (χ3v) is 6.60. The van der Waals surface area contributed by atoms with Gasteiger partial charge in [0, 0.05) is 47.0 Å². The van der Waals surface area contributed by atoms with E-state index in [1.165, 1.54) is 5.56 Å². The van der Waals surface area contributed by atoms with Crippen LogP contribution in [0.2, 0.25) is 0 Å². The second kappa shape index (κ2) is 12.3. The Morgan fingerprint density at radius 1 is 0.634 bits per heavy atom. The maximum atomic E-state index is 4.90. The minimum Gasteiger partial charge on any atom is -0.573 e. The van der Waals surface area contributed by atoms with Crippen molar-refractivity contribution in [1.29, 1.82) is 0 Å². The molecule has 5 heterocycles. The van der Waals surface area contributed by atoms with Crippen LogP contribution in [0, 0.1) is 0 Å². The first-order chi connectivity index (χ1) is 19.1. The van der Waals surface area contributed by atoms with E-state index in [4.69, 9.17) is 4.98 Å². The van der Waals surface area contributed by atoms with E-state index in [1.807, 2.05) is 73.2 Å². The Hall–Kier alpha value is -3.96. The van der Waals surface area contributed by atoms with Gasteiger partial charge in [0.05, 0.1) is 11.4 Å². The molecule has 0 saturated heterocycles. The minimum absolute atomic E-state index is 0. The molecule has 0 radical (unpaired) electrons. The molecule has 0 spiro atoms. The maximum Gasteiger partial charge on any atom is 2.00 e. The molecule has 0 aliphatic rings. The van der Waals surface area contributed by atoms with Crippen molar-refractivity contribution in [2.24, 2.45) is 0 Å². The van der Waals surface area contributed by atoms with E-state index in [9.17, 15) is 0 Å². The summed E-state index contributed by atoms with van der Waals surface area (Å²) in [5.74, 6) is 0. The van der Waals surface area contributed by atoms with E-state index in [0.717, 1.165) is 50.5 Å². The molecule has 0 fully saturated rings. The van der Waals surface area contributed by atoms with Gasteiger partial charge in [-0.2, -0.15) is 0 Å². The summed E-state index contributed by atoms with van der Waals surface area (Å²) in [5.41, 5.74) is 7.25. The van der Waals surface area contributed by atoms with Gasteiger partial charge in [-0.05, 0) is 52.3 Å². The first kappa shape index (κ1) is 30.0. The summed E-state index contributed by atoms with van der Waals surface area (Å²) in [6.07, 6.45) is 7.26. The van der Waals surface area contributed by atoms with Crippen molar-refractivity contribution in [2.45, 2.75) is 52.4 Å². The topological polar surface area (TPSA) is 92.7 Å². The molecule has 6 rings (SSSR count). The minimum atomic E-state index is -0.0847. The van der Waals surface area contributed by atoms with Gasteiger partial charge in [-0.3, -0.25) is 15.0 Å². The van der Waals surface area contributed by atoms with Crippen LogP contribution in [-0.2, 0) is 31.9 Å². The van der Waals surface area contributed by atoms with Gasteiger partial charge in [-0.25, -0.2) is 0 Å². The van der Waals surface area contributed by atoms with Crippen LogP contribution in [0.1, 0.15) is 52.8 Å². The number of aromatic nitrogens is 7. The fourth-order valence-corrected chi connectivity index (χ4v) is 4.21. The molecule has 0 bridgehead atoms. The molecule has 0 aliphatic carbocycles. The monoisotopic (exact) mass is 722 g/mol. The second-order valence-electron chi connectivity index (χ2n) is 11.8. The number of benzene rings is 1. The zero-order valence-electron chi connectivity index (χ0n) is 24.1. The SMILES string of the molecule is CC(C)(C)c1cc(-c2nc(-c3cc(-c4ccccc4)n[n-]3)cc3ccncc23)[n-]n1.CC(C)(C)c1ccncc1.[Pt+2]. The fourth-order valence-electron chi connectivity index (χ4n) is 4.21. The maximum absolute atomic E-state index is 4.90. The van der Waals surface area contributed by atoms with Crippen molar-refractivity contribution in [3.63, 3.8) is 0 Å². The molecule has 7 nitrogen and oxygen atoms in total. The molecule has 41 heavy (non-hydrogen) atoms. The van der Waals surface area contributed by atoms with Gasteiger partial charge in [0.25, 0.3) is 0 Å². The molecular weight excluding hydrogens is 689 g/mol. The zero-order chi connectivity index (χ0) is 28.3. The molecule has 8 heteroatoms. The average molecular weight is 723 g/mol. The Bertz CT molecular complexity index is 1710. The molecule has 0 saturated carbocycles. The predicted molar refractivity (Wildman–Crippen MR) is 160 cm³/mol. The van der Waals surface area contributed by atoms with Crippen molar-refractivity contribution in [3.05, 3.63) is 103 Å². The number of fused-ring (bicyclic) bond motifs is 1. The molecule has 0 atom stereocenters. The third kappa shape index (κ3) is 7.04. The summed E-state index contributed by atoms with van der Waals surface area (Å²) < 4.78 is 0. The molecule has 1 aromatic carbocycles. The first-order valence-corrected chi connectivity index (χ1v) is 13.3. The van der Waals surface area contributed by atoms with Crippen molar-refractivity contribution in [2.75, 3.05) is 0 Å². The first-order valence-electron chi connectivity index (χ1n) is 13.3. The summed E-state index contributed by atoms with van der Waals surface area (Å²) in [7, 11) is 0.